The van der Waals surface area contributed by atoms with Gasteiger partial charge in [0.05, 0.1) is 31.0 Å². The second kappa shape index (κ2) is 7.09. The number of rotatable bonds is 4. The van der Waals surface area contributed by atoms with Gasteiger partial charge in [-0.05, 0) is 18.2 Å². The van der Waals surface area contributed by atoms with Crippen molar-refractivity contribution in [3.05, 3.63) is 65.9 Å². The Morgan fingerprint density at radius 1 is 1.15 bits per heavy atom. The van der Waals surface area contributed by atoms with E-state index in [-0.39, 0.29) is 24.2 Å². The Hall–Kier alpha value is -2.99. The number of hydrogen-bond donors (Lipinski definition) is 1. The Bertz CT molecular complexity index is 936. The van der Waals surface area contributed by atoms with Gasteiger partial charge in [-0.2, -0.15) is 5.10 Å². The average Bonchev–Trinajstić information content (AvgIpc) is 3.16. The predicted octanol–water partition coefficient (Wildman–Crippen LogP) is 2.68. The highest BCUT2D eigenvalue weighted by Gasteiger charge is 2.30. The smallest absolute Gasteiger partial charge is 0.254 e. The van der Waals surface area contributed by atoms with Gasteiger partial charge in [0.1, 0.15) is 0 Å². The summed E-state index contributed by atoms with van der Waals surface area (Å²) in [5.74, 6) is -0.0635. The van der Waals surface area contributed by atoms with Gasteiger partial charge >= 0.3 is 0 Å². The van der Waals surface area contributed by atoms with Gasteiger partial charge in [-0.15, -0.1) is 0 Å². The number of nitrogens with one attached hydrogen (secondary N) is 1. The zero-order valence-corrected chi connectivity index (χ0v) is 14.2. The van der Waals surface area contributed by atoms with E-state index >= 15 is 0 Å². The fraction of sp³-hybridized carbons (Fsp3) is 0.250. The van der Waals surface area contributed by atoms with E-state index in [0.717, 1.165) is 10.9 Å². The molecule has 1 aromatic heterocycles. The molecule has 0 radical (unpaired) electrons. The first-order chi connectivity index (χ1) is 12.7. The monoisotopic (exact) mass is 349 g/mol. The van der Waals surface area contributed by atoms with Gasteiger partial charge < -0.3 is 9.64 Å². The lowest BCUT2D eigenvalue weighted by atomic mass is 10.0. The SMILES string of the molecule is O=C(C[C@H]1COCCN1C(=O)c1ccc2[nH]ncc2c1)c1ccccc1. The summed E-state index contributed by atoms with van der Waals surface area (Å²) in [5.41, 5.74) is 2.14. The lowest BCUT2D eigenvalue weighted by Gasteiger charge is -2.35. The number of ketones is 1. The van der Waals surface area contributed by atoms with Crippen LogP contribution in [0.25, 0.3) is 10.9 Å². The second-order valence-corrected chi connectivity index (χ2v) is 6.39. The molecule has 1 aliphatic heterocycles. The average molecular weight is 349 g/mol. The third kappa shape index (κ3) is 3.23. The van der Waals surface area contributed by atoms with E-state index in [2.05, 4.69) is 10.2 Å². The first kappa shape index (κ1) is 16.5. The van der Waals surface area contributed by atoms with Crippen LogP contribution >= 0.6 is 0 Å². The molecule has 2 heterocycles. The largest absolute Gasteiger partial charge is 0.377 e. The second-order valence-electron chi connectivity index (χ2n) is 6.39. The molecule has 1 amide bonds. The number of aromatic amines is 1. The highest BCUT2D eigenvalue weighted by atomic mass is 16.5. The van der Waals surface area contributed by atoms with Crippen LogP contribution < -0.4 is 0 Å². The molecule has 3 aromatic rings. The van der Waals surface area contributed by atoms with Crippen LogP contribution in [0.1, 0.15) is 27.1 Å². The number of amides is 1. The third-order valence-corrected chi connectivity index (χ3v) is 4.69. The summed E-state index contributed by atoms with van der Waals surface area (Å²) in [6.45, 7) is 1.34. The van der Waals surface area contributed by atoms with Gasteiger partial charge in [-0.25, -0.2) is 0 Å². The molecule has 1 fully saturated rings. The topological polar surface area (TPSA) is 75.3 Å². The molecule has 0 bridgehead atoms. The van der Waals surface area contributed by atoms with E-state index in [0.29, 0.717) is 30.9 Å². The van der Waals surface area contributed by atoms with E-state index in [4.69, 9.17) is 4.74 Å². The number of nitrogens with zero attached hydrogens (tertiary/aromatic N) is 2. The number of H-pyrrole nitrogens is 1. The first-order valence-electron chi connectivity index (χ1n) is 8.62. The van der Waals surface area contributed by atoms with Crippen molar-refractivity contribution in [2.24, 2.45) is 0 Å². The Kier molecular flexibility index (Phi) is 4.50. The van der Waals surface area contributed by atoms with E-state index in [1.165, 1.54) is 0 Å². The van der Waals surface area contributed by atoms with Crippen molar-refractivity contribution in [1.29, 1.82) is 0 Å². The fourth-order valence-electron chi connectivity index (χ4n) is 3.29. The molecule has 0 saturated carbocycles. The third-order valence-electron chi connectivity index (χ3n) is 4.69. The molecule has 1 atom stereocenters. The lowest BCUT2D eigenvalue weighted by molar-refractivity contribution is -0.00280. The molecule has 0 spiro atoms. The maximum absolute atomic E-state index is 13.0. The maximum atomic E-state index is 13.0. The number of fused-ring (bicyclic) bond motifs is 1. The molecule has 1 N–H and O–H groups in total. The normalized spacial score (nSPS) is 17.4. The first-order valence-corrected chi connectivity index (χ1v) is 8.62. The van der Waals surface area contributed by atoms with E-state index in [1.54, 1.807) is 29.3 Å². The van der Waals surface area contributed by atoms with Gasteiger partial charge in [0, 0.05) is 29.5 Å². The maximum Gasteiger partial charge on any atom is 0.254 e. The Labute approximate surface area is 150 Å². The number of hydrogen-bond acceptors (Lipinski definition) is 4. The van der Waals surface area contributed by atoms with E-state index < -0.39 is 0 Å². The van der Waals surface area contributed by atoms with Crippen LogP contribution in [0.15, 0.2) is 54.7 Å². The number of Topliss-reactive ketones (excluding diaryl/α,β-unsaturated/α-hetero) is 1. The summed E-state index contributed by atoms with van der Waals surface area (Å²) < 4.78 is 5.53. The minimum atomic E-state index is -0.260. The van der Waals surface area contributed by atoms with Crippen molar-refractivity contribution in [1.82, 2.24) is 15.1 Å². The molecule has 6 nitrogen and oxygen atoms in total. The van der Waals surface area contributed by atoms with Crippen LogP contribution in [0.4, 0.5) is 0 Å². The van der Waals surface area contributed by atoms with E-state index in [1.807, 2.05) is 30.3 Å². The van der Waals surface area contributed by atoms with Crippen molar-refractivity contribution in [3.8, 4) is 0 Å². The van der Waals surface area contributed by atoms with Crippen LogP contribution in [0, 0.1) is 0 Å². The molecule has 132 valence electrons. The predicted molar refractivity (Wildman–Crippen MR) is 97.1 cm³/mol. The Morgan fingerprint density at radius 3 is 2.85 bits per heavy atom. The quantitative estimate of drug-likeness (QED) is 0.735. The minimum absolute atomic E-state index is 0.0178. The van der Waals surface area contributed by atoms with Crippen LogP contribution in [0.2, 0.25) is 0 Å². The van der Waals surface area contributed by atoms with E-state index in [9.17, 15) is 9.59 Å². The van der Waals surface area contributed by atoms with Gasteiger partial charge in [0.15, 0.2) is 5.78 Å². The van der Waals surface area contributed by atoms with Crippen LogP contribution in [-0.2, 0) is 4.74 Å². The summed E-state index contributed by atoms with van der Waals surface area (Å²) >= 11 is 0. The number of aromatic nitrogens is 2. The summed E-state index contributed by atoms with van der Waals surface area (Å²) in [7, 11) is 0. The number of carbonyl (C=O) groups is 2. The molecule has 6 heteroatoms. The standard InChI is InChI=1S/C20H19N3O3/c24-19(14-4-2-1-3-5-14)11-17-13-26-9-8-23(17)20(25)15-6-7-18-16(10-15)12-21-22-18/h1-7,10,12,17H,8-9,11,13H2,(H,21,22)/t17-/m0/s1. The lowest BCUT2D eigenvalue weighted by Crippen LogP contribution is -2.49. The van der Waals surface area contributed by atoms with Gasteiger partial charge in [0.25, 0.3) is 5.91 Å². The number of morpholine rings is 1. The fourth-order valence-corrected chi connectivity index (χ4v) is 3.29. The zero-order chi connectivity index (χ0) is 17.9. The zero-order valence-electron chi connectivity index (χ0n) is 14.2. The molecule has 2 aromatic carbocycles. The van der Waals surface area contributed by atoms with Gasteiger partial charge in [-0.3, -0.25) is 14.7 Å². The minimum Gasteiger partial charge on any atom is -0.377 e. The molecule has 1 aliphatic rings. The molecule has 4 rings (SSSR count). The molecular weight excluding hydrogens is 330 g/mol. The molecule has 1 saturated heterocycles. The summed E-state index contributed by atoms with van der Waals surface area (Å²) in [5, 5.41) is 7.76. The molecule has 0 aliphatic carbocycles. The van der Waals surface area contributed by atoms with Crippen molar-refractivity contribution in [2.45, 2.75) is 12.5 Å². The van der Waals surface area contributed by atoms with Crippen LogP contribution in [-0.4, -0.2) is 52.6 Å². The summed E-state index contributed by atoms with van der Waals surface area (Å²) in [6, 6.07) is 14.4. The van der Waals surface area contributed by atoms with Crippen molar-refractivity contribution in [2.75, 3.05) is 19.8 Å². The Morgan fingerprint density at radius 2 is 2.00 bits per heavy atom. The summed E-state index contributed by atoms with van der Waals surface area (Å²) in [4.78, 5) is 27.3. The number of carbonyl (C=O) groups excluding carboxylic acids is 2. The van der Waals surface area contributed by atoms with Crippen LogP contribution in [0.5, 0.6) is 0 Å². The van der Waals surface area contributed by atoms with Crippen molar-refractivity contribution in [3.63, 3.8) is 0 Å². The number of ether oxygens (including phenoxy) is 1. The molecule has 0 unspecified atom stereocenters. The molecule has 26 heavy (non-hydrogen) atoms. The van der Waals surface area contributed by atoms with Gasteiger partial charge in [-0.1, -0.05) is 30.3 Å². The molecular formula is C20H19N3O3. The van der Waals surface area contributed by atoms with Crippen molar-refractivity contribution >= 4 is 22.6 Å². The van der Waals surface area contributed by atoms with Crippen LogP contribution in [0.3, 0.4) is 0 Å². The van der Waals surface area contributed by atoms with Gasteiger partial charge in [0.2, 0.25) is 0 Å². The van der Waals surface area contributed by atoms with Crippen molar-refractivity contribution < 1.29 is 14.3 Å². The Balaban J connectivity index is 1.54. The highest BCUT2D eigenvalue weighted by molar-refractivity contribution is 5.99. The summed E-state index contributed by atoms with van der Waals surface area (Å²) in [6.07, 6.45) is 1.95. The number of benzene rings is 2. The highest BCUT2D eigenvalue weighted by Crippen LogP contribution is 2.20.